The Hall–Kier alpha value is -1.60. The molecule has 0 aromatic carbocycles. The van der Waals surface area contributed by atoms with Crippen LogP contribution in [0, 0.1) is 0 Å². The van der Waals surface area contributed by atoms with Gasteiger partial charge in [0.1, 0.15) is 6.10 Å². The van der Waals surface area contributed by atoms with Gasteiger partial charge >= 0.3 is 0 Å². The third kappa shape index (κ3) is 4.27. The summed E-state index contributed by atoms with van der Waals surface area (Å²) in [5.41, 5.74) is 1.24. The highest BCUT2D eigenvalue weighted by atomic mass is 32.1. The molecule has 1 aromatic heterocycles. The minimum atomic E-state index is -0.211. The molecule has 1 unspecified atom stereocenters. The molecule has 24 heavy (non-hydrogen) atoms. The summed E-state index contributed by atoms with van der Waals surface area (Å²) in [5, 5.41) is 7.57. The minimum absolute atomic E-state index is 0.160. The first-order valence-corrected chi connectivity index (χ1v) is 9.67. The number of carbonyl (C=O) groups excluding carboxylic acids is 1. The zero-order chi connectivity index (χ0) is 16.8. The van der Waals surface area contributed by atoms with Gasteiger partial charge in [-0.25, -0.2) is 4.99 Å². The molecule has 1 N–H and O–H groups in total. The number of thiophene rings is 1. The fourth-order valence-electron chi connectivity index (χ4n) is 3.09. The van der Waals surface area contributed by atoms with Crippen LogP contribution in [0.5, 0.6) is 0 Å². The largest absolute Gasteiger partial charge is 0.368 e. The van der Waals surface area contributed by atoms with Crippen LogP contribution >= 0.6 is 11.3 Å². The number of guanidine groups is 1. The van der Waals surface area contributed by atoms with E-state index in [1.54, 1.807) is 11.3 Å². The van der Waals surface area contributed by atoms with Crippen molar-refractivity contribution in [2.24, 2.45) is 4.99 Å². The number of aliphatic imine (C=N–C) groups is 1. The van der Waals surface area contributed by atoms with E-state index < -0.39 is 0 Å². The molecule has 132 valence electrons. The van der Waals surface area contributed by atoms with Gasteiger partial charge in [-0.05, 0) is 42.2 Å². The molecule has 1 aromatic rings. The Balaban J connectivity index is 1.54. The summed E-state index contributed by atoms with van der Waals surface area (Å²) in [7, 11) is 0. The smallest absolute Gasteiger partial charge is 0.251 e. The second kappa shape index (κ2) is 8.48. The normalized spacial score (nSPS) is 22.0. The van der Waals surface area contributed by atoms with E-state index in [0.717, 1.165) is 58.1 Å². The number of nitrogens with one attached hydrogen (secondary N) is 1. The van der Waals surface area contributed by atoms with E-state index in [2.05, 4.69) is 34.0 Å². The number of carbonyl (C=O) groups is 1. The molecule has 0 spiro atoms. The Morgan fingerprint density at radius 2 is 2.17 bits per heavy atom. The van der Waals surface area contributed by atoms with Crippen molar-refractivity contribution in [3.8, 4) is 0 Å². The minimum Gasteiger partial charge on any atom is -0.368 e. The van der Waals surface area contributed by atoms with Gasteiger partial charge in [-0.2, -0.15) is 11.3 Å². The van der Waals surface area contributed by atoms with Crippen molar-refractivity contribution in [1.29, 1.82) is 0 Å². The van der Waals surface area contributed by atoms with E-state index in [0.29, 0.717) is 6.54 Å². The van der Waals surface area contributed by atoms with Crippen molar-refractivity contribution >= 4 is 23.2 Å². The Morgan fingerprint density at radius 1 is 1.38 bits per heavy atom. The molecule has 6 nitrogen and oxygen atoms in total. The van der Waals surface area contributed by atoms with Crippen LogP contribution in [0.1, 0.15) is 25.3 Å². The van der Waals surface area contributed by atoms with Crippen molar-refractivity contribution in [3.63, 3.8) is 0 Å². The highest BCUT2D eigenvalue weighted by Gasteiger charge is 2.30. The molecule has 3 heterocycles. The number of rotatable bonds is 4. The average Bonchev–Trinajstić information content (AvgIpc) is 3.31. The number of piperazine rings is 1. The van der Waals surface area contributed by atoms with Crippen molar-refractivity contribution in [2.75, 3.05) is 39.3 Å². The Morgan fingerprint density at radius 3 is 2.79 bits per heavy atom. The molecule has 1 amide bonds. The van der Waals surface area contributed by atoms with Crippen molar-refractivity contribution < 1.29 is 9.53 Å². The third-order valence-corrected chi connectivity index (χ3v) is 5.15. The maximum atomic E-state index is 12.4. The fraction of sp³-hybridized carbons (Fsp3) is 0.647. The van der Waals surface area contributed by atoms with Crippen molar-refractivity contribution in [1.82, 2.24) is 15.1 Å². The van der Waals surface area contributed by atoms with E-state index in [4.69, 9.17) is 9.73 Å². The lowest BCUT2D eigenvalue weighted by atomic mass is 10.2. The predicted octanol–water partition coefficient (Wildman–Crippen LogP) is 1.54. The quantitative estimate of drug-likeness (QED) is 0.661. The van der Waals surface area contributed by atoms with E-state index >= 15 is 0 Å². The molecule has 1 atom stereocenters. The van der Waals surface area contributed by atoms with E-state index in [-0.39, 0.29) is 12.0 Å². The number of amides is 1. The van der Waals surface area contributed by atoms with Crippen LogP contribution in [0.4, 0.5) is 0 Å². The SMILES string of the molecule is CCNC(=NCc1ccsc1)N1CCN(C(=O)C2CCCO2)CC1. The van der Waals surface area contributed by atoms with E-state index in [1.807, 2.05) is 4.90 Å². The standard InChI is InChI=1S/C17H26N4O2S/c1-2-18-17(19-12-14-5-11-24-13-14)21-8-6-20(7-9-21)16(22)15-4-3-10-23-15/h5,11,13,15H,2-4,6-10,12H2,1H3,(H,18,19). The van der Waals surface area contributed by atoms with Gasteiger partial charge in [0.25, 0.3) is 5.91 Å². The third-order valence-electron chi connectivity index (χ3n) is 4.42. The molecular formula is C17H26N4O2S. The van der Waals surface area contributed by atoms with Crippen LogP contribution in [0.25, 0.3) is 0 Å². The van der Waals surface area contributed by atoms with Gasteiger partial charge in [0.2, 0.25) is 0 Å². The molecule has 2 saturated heterocycles. The summed E-state index contributed by atoms with van der Waals surface area (Å²) in [4.78, 5) is 21.3. The summed E-state index contributed by atoms with van der Waals surface area (Å²) in [6.45, 7) is 7.44. The molecule has 0 bridgehead atoms. The van der Waals surface area contributed by atoms with Gasteiger partial charge < -0.3 is 19.9 Å². The van der Waals surface area contributed by atoms with Gasteiger partial charge in [0.15, 0.2) is 5.96 Å². The van der Waals surface area contributed by atoms with Crippen LogP contribution < -0.4 is 5.32 Å². The lowest BCUT2D eigenvalue weighted by Gasteiger charge is -2.37. The van der Waals surface area contributed by atoms with Crippen LogP contribution in [0.2, 0.25) is 0 Å². The first-order valence-electron chi connectivity index (χ1n) is 8.72. The Labute approximate surface area is 147 Å². The second-order valence-corrected chi connectivity index (χ2v) is 6.90. The Bertz CT molecular complexity index is 547. The number of hydrogen-bond acceptors (Lipinski definition) is 4. The summed E-state index contributed by atoms with van der Waals surface area (Å²) >= 11 is 1.70. The van der Waals surface area contributed by atoms with Gasteiger partial charge in [-0.3, -0.25) is 4.79 Å². The molecule has 3 rings (SSSR count). The lowest BCUT2D eigenvalue weighted by molar-refractivity contribution is -0.142. The summed E-state index contributed by atoms with van der Waals surface area (Å²) in [6, 6.07) is 2.11. The molecule has 7 heteroatoms. The average molecular weight is 350 g/mol. The molecule has 2 aliphatic heterocycles. The lowest BCUT2D eigenvalue weighted by Crippen LogP contribution is -2.55. The highest BCUT2D eigenvalue weighted by Crippen LogP contribution is 2.16. The molecule has 0 saturated carbocycles. The highest BCUT2D eigenvalue weighted by molar-refractivity contribution is 7.07. The second-order valence-electron chi connectivity index (χ2n) is 6.12. The van der Waals surface area contributed by atoms with Gasteiger partial charge in [0, 0.05) is 39.3 Å². The zero-order valence-electron chi connectivity index (χ0n) is 14.2. The van der Waals surface area contributed by atoms with Gasteiger partial charge in [-0.15, -0.1) is 0 Å². The molecule has 2 fully saturated rings. The summed E-state index contributed by atoms with van der Waals surface area (Å²) in [5.74, 6) is 1.10. The number of nitrogens with zero attached hydrogens (tertiary/aromatic N) is 3. The topological polar surface area (TPSA) is 57.2 Å². The van der Waals surface area contributed by atoms with Gasteiger partial charge in [0.05, 0.1) is 6.54 Å². The van der Waals surface area contributed by atoms with Crippen molar-refractivity contribution in [3.05, 3.63) is 22.4 Å². The van der Waals surface area contributed by atoms with Gasteiger partial charge in [-0.1, -0.05) is 0 Å². The summed E-state index contributed by atoms with van der Waals surface area (Å²) in [6.07, 6.45) is 1.65. The molecule has 0 aliphatic carbocycles. The van der Waals surface area contributed by atoms with Crippen LogP contribution in [-0.2, 0) is 16.1 Å². The van der Waals surface area contributed by atoms with Crippen molar-refractivity contribution in [2.45, 2.75) is 32.4 Å². The number of ether oxygens (including phenoxy) is 1. The van der Waals surface area contributed by atoms with E-state index in [9.17, 15) is 4.79 Å². The molecular weight excluding hydrogens is 324 g/mol. The molecule has 2 aliphatic rings. The van der Waals surface area contributed by atoms with Crippen LogP contribution in [0.3, 0.4) is 0 Å². The summed E-state index contributed by atoms with van der Waals surface area (Å²) < 4.78 is 5.52. The number of hydrogen-bond donors (Lipinski definition) is 1. The Kier molecular flexibility index (Phi) is 6.09. The first-order chi connectivity index (χ1) is 11.8. The van der Waals surface area contributed by atoms with Crippen LogP contribution in [0.15, 0.2) is 21.8 Å². The van der Waals surface area contributed by atoms with Crippen LogP contribution in [-0.4, -0.2) is 67.1 Å². The van der Waals surface area contributed by atoms with E-state index in [1.165, 1.54) is 5.56 Å². The maximum absolute atomic E-state index is 12.4. The molecule has 0 radical (unpaired) electrons. The first kappa shape index (κ1) is 17.2. The zero-order valence-corrected chi connectivity index (χ0v) is 15.1. The fourth-order valence-corrected chi connectivity index (χ4v) is 3.75. The maximum Gasteiger partial charge on any atom is 0.251 e. The monoisotopic (exact) mass is 350 g/mol. The predicted molar refractivity (Wildman–Crippen MR) is 96.3 cm³/mol.